The molecule has 28 heavy (non-hydrogen) atoms. The monoisotopic (exact) mass is 398 g/mol. The summed E-state index contributed by atoms with van der Waals surface area (Å²) in [5.74, 6) is 0.160. The molecule has 0 saturated carbocycles. The molecule has 0 unspecified atom stereocenters. The lowest BCUT2D eigenvalue weighted by Crippen LogP contribution is -2.45. The third-order valence-corrected chi connectivity index (χ3v) is 5.72. The van der Waals surface area contributed by atoms with Crippen molar-refractivity contribution in [2.45, 2.75) is 13.5 Å². The Morgan fingerprint density at radius 2 is 1.71 bits per heavy atom. The van der Waals surface area contributed by atoms with Crippen LogP contribution in [0.1, 0.15) is 12.5 Å². The van der Waals surface area contributed by atoms with E-state index >= 15 is 0 Å². The van der Waals surface area contributed by atoms with E-state index in [0.717, 1.165) is 38.3 Å². The van der Waals surface area contributed by atoms with E-state index in [1.54, 1.807) is 36.4 Å². The van der Waals surface area contributed by atoms with Crippen LogP contribution in [0, 0.1) is 0 Å². The van der Waals surface area contributed by atoms with Crippen molar-refractivity contribution in [2.24, 2.45) is 0 Å². The molecule has 146 valence electrons. The Kier molecular flexibility index (Phi) is 5.40. The third-order valence-electron chi connectivity index (χ3n) is 5.47. The topological polar surface area (TPSA) is 56.9 Å². The van der Waals surface area contributed by atoms with Crippen LogP contribution >= 0.6 is 11.6 Å². The Labute approximate surface area is 168 Å². The number of aromatic hydroxyl groups is 1. The molecule has 1 saturated heterocycles. The molecular weight excluding hydrogens is 376 g/mol. The average Bonchev–Trinajstić information content (AvgIpc) is 2.72. The van der Waals surface area contributed by atoms with E-state index in [4.69, 9.17) is 16.0 Å². The van der Waals surface area contributed by atoms with E-state index in [1.165, 1.54) is 6.26 Å². The minimum atomic E-state index is -0.111. The number of hydrogen-bond acceptors (Lipinski definition) is 5. The van der Waals surface area contributed by atoms with Crippen LogP contribution in [0.2, 0.25) is 5.02 Å². The van der Waals surface area contributed by atoms with Gasteiger partial charge in [-0.25, -0.2) is 0 Å². The maximum atomic E-state index is 13.1. The van der Waals surface area contributed by atoms with Crippen LogP contribution in [0.15, 0.2) is 51.9 Å². The maximum Gasteiger partial charge on any atom is 0.200 e. The molecule has 4 rings (SSSR count). The van der Waals surface area contributed by atoms with Crippen molar-refractivity contribution in [1.29, 1.82) is 0 Å². The fourth-order valence-electron chi connectivity index (χ4n) is 3.72. The van der Waals surface area contributed by atoms with Gasteiger partial charge < -0.3 is 14.4 Å². The highest BCUT2D eigenvalue weighted by atomic mass is 35.5. The minimum Gasteiger partial charge on any atom is -0.507 e. The van der Waals surface area contributed by atoms with Gasteiger partial charge in [0, 0.05) is 37.7 Å². The Bertz CT molecular complexity index is 1040. The second-order valence-corrected chi connectivity index (χ2v) is 7.57. The van der Waals surface area contributed by atoms with Gasteiger partial charge in [0.1, 0.15) is 17.6 Å². The van der Waals surface area contributed by atoms with Gasteiger partial charge in [0.15, 0.2) is 0 Å². The predicted octanol–water partition coefficient (Wildman–Crippen LogP) is 3.96. The summed E-state index contributed by atoms with van der Waals surface area (Å²) >= 11 is 5.95. The van der Waals surface area contributed by atoms with Crippen molar-refractivity contribution in [3.05, 3.63) is 63.5 Å². The van der Waals surface area contributed by atoms with E-state index < -0.39 is 0 Å². The first kappa shape index (κ1) is 19.0. The molecule has 1 fully saturated rings. The van der Waals surface area contributed by atoms with Crippen molar-refractivity contribution in [3.8, 4) is 16.9 Å². The molecular formula is C22H23ClN2O3. The number of likely N-dealkylation sites (N-methyl/N-ethyl adjacent to an activating group) is 1. The van der Waals surface area contributed by atoms with E-state index in [-0.39, 0.29) is 11.2 Å². The zero-order valence-corrected chi connectivity index (χ0v) is 16.6. The molecule has 1 aliphatic heterocycles. The fourth-order valence-corrected chi connectivity index (χ4v) is 3.84. The average molecular weight is 399 g/mol. The zero-order chi connectivity index (χ0) is 19.7. The summed E-state index contributed by atoms with van der Waals surface area (Å²) in [6.07, 6.45) is 1.48. The molecule has 1 N–H and O–H groups in total. The van der Waals surface area contributed by atoms with Gasteiger partial charge in [-0.2, -0.15) is 0 Å². The fraction of sp³-hybridized carbons (Fsp3) is 0.318. The SMILES string of the molecule is CCN1CCN(Cc2c(O)ccc3c(=O)c(-c4ccc(Cl)cc4)coc23)CC1. The van der Waals surface area contributed by atoms with E-state index in [2.05, 4.69) is 16.7 Å². The van der Waals surface area contributed by atoms with Gasteiger partial charge in [0.2, 0.25) is 5.43 Å². The lowest BCUT2D eigenvalue weighted by Gasteiger charge is -2.34. The van der Waals surface area contributed by atoms with Crippen LogP contribution in [0.25, 0.3) is 22.1 Å². The summed E-state index contributed by atoms with van der Waals surface area (Å²) in [6.45, 7) is 7.64. The first-order valence-electron chi connectivity index (χ1n) is 9.54. The molecule has 2 aromatic carbocycles. The second kappa shape index (κ2) is 7.95. The van der Waals surface area contributed by atoms with Crippen LogP contribution in [0.5, 0.6) is 5.75 Å². The van der Waals surface area contributed by atoms with E-state index in [9.17, 15) is 9.90 Å². The second-order valence-electron chi connectivity index (χ2n) is 7.14. The van der Waals surface area contributed by atoms with E-state index in [0.29, 0.717) is 33.7 Å². The predicted molar refractivity (Wildman–Crippen MR) is 112 cm³/mol. The number of phenolic OH excluding ortho intramolecular Hbond substituents is 1. The number of piperazine rings is 1. The molecule has 0 atom stereocenters. The van der Waals surface area contributed by atoms with Crippen LogP contribution < -0.4 is 5.43 Å². The summed E-state index contributed by atoms with van der Waals surface area (Å²) in [7, 11) is 0. The highest BCUT2D eigenvalue weighted by Gasteiger charge is 2.20. The first-order chi connectivity index (χ1) is 13.6. The highest BCUT2D eigenvalue weighted by Crippen LogP contribution is 2.29. The standard InChI is InChI=1S/C22H23ClN2O3/c1-2-24-9-11-25(12-10-24)13-18-20(26)8-7-17-21(27)19(14-28-22(17)18)15-3-5-16(23)6-4-15/h3-8,14,26H,2,9-13H2,1H3. The van der Waals surface area contributed by atoms with Gasteiger partial charge in [0.25, 0.3) is 0 Å². The summed E-state index contributed by atoms with van der Waals surface area (Å²) < 4.78 is 5.87. The Hall–Kier alpha value is -2.34. The molecule has 0 amide bonds. The van der Waals surface area contributed by atoms with Crippen LogP contribution in [0.4, 0.5) is 0 Å². The minimum absolute atomic E-state index is 0.111. The Morgan fingerprint density at radius 3 is 2.39 bits per heavy atom. The van der Waals surface area contributed by atoms with Crippen molar-refractivity contribution < 1.29 is 9.52 Å². The highest BCUT2D eigenvalue weighted by molar-refractivity contribution is 6.30. The molecule has 0 radical (unpaired) electrons. The maximum absolute atomic E-state index is 13.1. The van der Waals surface area contributed by atoms with Crippen LogP contribution in [-0.4, -0.2) is 47.6 Å². The molecule has 1 aromatic heterocycles. The van der Waals surface area contributed by atoms with Crippen LogP contribution in [-0.2, 0) is 6.54 Å². The number of hydrogen-bond donors (Lipinski definition) is 1. The van der Waals surface area contributed by atoms with Gasteiger partial charge >= 0.3 is 0 Å². The summed E-state index contributed by atoms with van der Waals surface area (Å²) in [5.41, 5.74) is 2.26. The number of rotatable bonds is 4. The first-order valence-corrected chi connectivity index (χ1v) is 9.91. The molecule has 0 aliphatic carbocycles. The molecule has 6 heteroatoms. The van der Waals surface area contributed by atoms with Crippen molar-refractivity contribution in [2.75, 3.05) is 32.7 Å². The molecule has 0 bridgehead atoms. The number of phenols is 1. The number of nitrogens with zero attached hydrogens (tertiary/aromatic N) is 2. The quantitative estimate of drug-likeness (QED) is 0.721. The van der Waals surface area contributed by atoms with Crippen molar-refractivity contribution >= 4 is 22.6 Å². The number of benzene rings is 2. The molecule has 2 heterocycles. The zero-order valence-electron chi connectivity index (χ0n) is 15.8. The van der Waals surface area contributed by atoms with Gasteiger partial charge in [-0.3, -0.25) is 9.69 Å². The van der Waals surface area contributed by atoms with Gasteiger partial charge in [0.05, 0.1) is 16.5 Å². The summed E-state index contributed by atoms with van der Waals surface area (Å²) in [6, 6.07) is 10.3. The smallest absolute Gasteiger partial charge is 0.200 e. The largest absolute Gasteiger partial charge is 0.507 e. The summed E-state index contributed by atoms with van der Waals surface area (Å²) in [4.78, 5) is 17.7. The lowest BCUT2D eigenvalue weighted by atomic mass is 10.0. The normalized spacial score (nSPS) is 15.9. The van der Waals surface area contributed by atoms with Gasteiger partial charge in [-0.05, 0) is 36.4 Å². The Balaban J connectivity index is 1.70. The Morgan fingerprint density at radius 1 is 1.04 bits per heavy atom. The molecule has 1 aliphatic rings. The summed E-state index contributed by atoms with van der Waals surface area (Å²) in [5, 5.41) is 11.5. The lowest BCUT2D eigenvalue weighted by molar-refractivity contribution is 0.131. The van der Waals surface area contributed by atoms with Gasteiger partial charge in [-0.1, -0.05) is 30.7 Å². The van der Waals surface area contributed by atoms with Crippen molar-refractivity contribution in [1.82, 2.24) is 9.80 Å². The third kappa shape index (κ3) is 3.65. The molecule has 5 nitrogen and oxygen atoms in total. The van der Waals surface area contributed by atoms with Crippen molar-refractivity contribution in [3.63, 3.8) is 0 Å². The van der Waals surface area contributed by atoms with E-state index in [1.807, 2.05) is 0 Å². The van der Waals surface area contributed by atoms with Gasteiger partial charge in [-0.15, -0.1) is 0 Å². The molecule has 3 aromatic rings. The molecule has 0 spiro atoms. The number of fused-ring (bicyclic) bond motifs is 1. The van der Waals surface area contributed by atoms with Crippen LogP contribution in [0.3, 0.4) is 0 Å². The number of halogens is 1.